The van der Waals surface area contributed by atoms with Crippen LogP contribution in [0.3, 0.4) is 0 Å². The molecular formula is C23H17N3O6. The third-order valence-electron chi connectivity index (χ3n) is 4.95. The number of carbonyl (C=O) groups excluding carboxylic acids is 4. The van der Waals surface area contributed by atoms with Gasteiger partial charge in [0.05, 0.1) is 41.7 Å². The lowest BCUT2D eigenvalue weighted by molar-refractivity contribution is 0.0597. The van der Waals surface area contributed by atoms with E-state index in [1.165, 1.54) is 43.5 Å². The van der Waals surface area contributed by atoms with Gasteiger partial charge in [-0.1, -0.05) is 6.07 Å². The van der Waals surface area contributed by atoms with Gasteiger partial charge in [-0.25, -0.2) is 4.79 Å². The number of aromatic hydroxyl groups is 1. The molecular weight excluding hydrogens is 414 g/mol. The standard InChI is InChI=1S/C23H17N3O6/c1-32-23(31)14-6-8-18(19(27)11-14)25-20(28)13-5-7-16-17(10-13)22(30)26(21(16)29)12-15-4-2-3-9-24-15/h2-11,27H,12H2,1H3,(H,25,28). The Hall–Kier alpha value is -4.53. The molecule has 0 fully saturated rings. The zero-order chi connectivity index (χ0) is 22.8. The molecule has 1 aliphatic rings. The lowest BCUT2D eigenvalue weighted by atomic mass is 10.1. The molecule has 9 nitrogen and oxygen atoms in total. The number of nitrogens with zero attached hydrogens (tertiary/aromatic N) is 2. The van der Waals surface area contributed by atoms with Gasteiger partial charge in [-0.05, 0) is 48.5 Å². The number of amides is 3. The maximum atomic E-state index is 12.8. The maximum absolute atomic E-state index is 12.8. The first-order chi connectivity index (χ1) is 15.4. The van der Waals surface area contributed by atoms with Crippen molar-refractivity contribution in [2.24, 2.45) is 0 Å². The SMILES string of the molecule is COC(=O)c1ccc(NC(=O)c2ccc3c(c2)C(=O)N(Cc2ccccn2)C3=O)c(O)c1. The summed E-state index contributed by atoms with van der Waals surface area (Å²) >= 11 is 0. The summed E-state index contributed by atoms with van der Waals surface area (Å²) < 4.78 is 4.58. The molecule has 4 rings (SSSR count). The van der Waals surface area contributed by atoms with Crippen LogP contribution in [-0.2, 0) is 11.3 Å². The fourth-order valence-electron chi connectivity index (χ4n) is 3.31. The van der Waals surface area contributed by atoms with E-state index in [0.717, 1.165) is 4.90 Å². The average Bonchev–Trinajstić information content (AvgIpc) is 3.04. The quantitative estimate of drug-likeness (QED) is 0.361. The molecule has 1 aliphatic heterocycles. The number of esters is 1. The van der Waals surface area contributed by atoms with Gasteiger partial charge in [0.2, 0.25) is 0 Å². The molecule has 160 valence electrons. The molecule has 2 heterocycles. The number of rotatable bonds is 5. The highest BCUT2D eigenvalue weighted by molar-refractivity contribution is 6.22. The van der Waals surface area contributed by atoms with E-state index in [0.29, 0.717) is 5.69 Å². The van der Waals surface area contributed by atoms with Crippen molar-refractivity contribution in [2.75, 3.05) is 12.4 Å². The Balaban J connectivity index is 1.54. The second-order valence-electron chi connectivity index (χ2n) is 6.96. The van der Waals surface area contributed by atoms with Crippen molar-refractivity contribution >= 4 is 29.4 Å². The van der Waals surface area contributed by atoms with E-state index in [9.17, 15) is 24.3 Å². The molecule has 0 saturated heterocycles. The van der Waals surface area contributed by atoms with Crippen LogP contribution in [0.25, 0.3) is 0 Å². The van der Waals surface area contributed by atoms with Crippen molar-refractivity contribution < 1.29 is 29.0 Å². The Morgan fingerprint density at radius 1 is 1.00 bits per heavy atom. The average molecular weight is 431 g/mol. The molecule has 0 atom stereocenters. The van der Waals surface area contributed by atoms with E-state index >= 15 is 0 Å². The Morgan fingerprint density at radius 2 is 1.75 bits per heavy atom. The summed E-state index contributed by atoms with van der Waals surface area (Å²) in [5.41, 5.74) is 1.20. The first kappa shape index (κ1) is 20.7. The molecule has 0 aliphatic carbocycles. The predicted octanol–water partition coefficient (Wildman–Crippen LogP) is 2.62. The Labute approximate surface area is 182 Å². The number of imide groups is 1. The van der Waals surface area contributed by atoms with Crippen LogP contribution >= 0.6 is 0 Å². The van der Waals surface area contributed by atoms with Crippen molar-refractivity contribution in [3.8, 4) is 5.75 Å². The predicted molar refractivity (Wildman–Crippen MR) is 112 cm³/mol. The monoisotopic (exact) mass is 431 g/mol. The highest BCUT2D eigenvalue weighted by Gasteiger charge is 2.36. The maximum Gasteiger partial charge on any atom is 0.337 e. The van der Waals surface area contributed by atoms with Gasteiger partial charge in [0.1, 0.15) is 5.75 Å². The van der Waals surface area contributed by atoms with Crippen LogP contribution in [0.15, 0.2) is 60.8 Å². The zero-order valence-electron chi connectivity index (χ0n) is 16.9. The number of phenolic OH excluding ortho intramolecular Hbond substituents is 1. The number of aromatic nitrogens is 1. The number of ether oxygens (including phenoxy) is 1. The summed E-state index contributed by atoms with van der Waals surface area (Å²) in [6.45, 7) is 0.0229. The molecule has 32 heavy (non-hydrogen) atoms. The van der Waals surface area contributed by atoms with Gasteiger partial charge < -0.3 is 15.2 Å². The Bertz CT molecular complexity index is 1260. The number of fused-ring (bicyclic) bond motifs is 1. The first-order valence-corrected chi connectivity index (χ1v) is 9.52. The summed E-state index contributed by atoms with van der Waals surface area (Å²) in [5, 5.41) is 12.6. The van der Waals surface area contributed by atoms with E-state index in [-0.39, 0.29) is 40.2 Å². The van der Waals surface area contributed by atoms with Crippen LogP contribution in [0.5, 0.6) is 5.75 Å². The summed E-state index contributed by atoms with van der Waals surface area (Å²) in [6.07, 6.45) is 1.57. The summed E-state index contributed by atoms with van der Waals surface area (Å²) in [5.74, 6) is -2.53. The van der Waals surface area contributed by atoms with Crippen molar-refractivity contribution in [1.29, 1.82) is 0 Å². The highest BCUT2D eigenvalue weighted by atomic mass is 16.5. The van der Waals surface area contributed by atoms with Gasteiger partial charge in [-0.3, -0.25) is 24.3 Å². The normalized spacial score (nSPS) is 12.5. The zero-order valence-corrected chi connectivity index (χ0v) is 16.9. The first-order valence-electron chi connectivity index (χ1n) is 9.52. The minimum Gasteiger partial charge on any atom is -0.506 e. The molecule has 0 unspecified atom stereocenters. The fraction of sp³-hybridized carbons (Fsp3) is 0.0870. The number of carbonyl (C=O) groups is 4. The number of nitrogens with one attached hydrogen (secondary N) is 1. The Morgan fingerprint density at radius 3 is 2.44 bits per heavy atom. The molecule has 0 bridgehead atoms. The van der Waals surface area contributed by atoms with Crippen LogP contribution in [0.4, 0.5) is 5.69 Å². The van der Waals surface area contributed by atoms with E-state index in [4.69, 9.17) is 0 Å². The smallest absolute Gasteiger partial charge is 0.337 e. The van der Waals surface area contributed by atoms with Gasteiger partial charge in [0.25, 0.3) is 17.7 Å². The van der Waals surface area contributed by atoms with Crippen LogP contribution in [0, 0.1) is 0 Å². The number of benzene rings is 2. The van der Waals surface area contributed by atoms with Crippen LogP contribution in [0.1, 0.15) is 47.1 Å². The number of hydrogen-bond donors (Lipinski definition) is 2. The van der Waals surface area contributed by atoms with E-state index in [1.807, 2.05) is 0 Å². The fourth-order valence-corrected chi connectivity index (χ4v) is 3.31. The lowest BCUT2D eigenvalue weighted by Gasteiger charge is -2.12. The number of hydrogen-bond acceptors (Lipinski definition) is 7. The number of pyridine rings is 1. The summed E-state index contributed by atoms with van der Waals surface area (Å²) in [7, 11) is 1.21. The molecule has 0 radical (unpaired) electrons. The van der Waals surface area contributed by atoms with Gasteiger partial charge in [-0.2, -0.15) is 0 Å². The molecule has 0 spiro atoms. The molecule has 2 N–H and O–H groups in total. The molecule has 0 saturated carbocycles. The summed E-state index contributed by atoms with van der Waals surface area (Å²) in [4.78, 5) is 54.9. The van der Waals surface area contributed by atoms with E-state index < -0.39 is 23.7 Å². The second-order valence-corrected chi connectivity index (χ2v) is 6.96. The molecule has 1 aromatic heterocycles. The molecule has 3 aromatic rings. The van der Waals surface area contributed by atoms with Crippen molar-refractivity contribution in [3.63, 3.8) is 0 Å². The van der Waals surface area contributed by atoms with E-state index in [1.54, 1.807) is 24.4 Å². The Kier molecular flexibility index (Phi) is 5.38. The second kappa shape index (κ2) is 8.31. The van der Waals surface area contributed by atoms with Gasteiger partial charge in [0.15, 0.2) is 0 Å². The summed E-state index contributed by atoms with van der Waals surface area (Å²) in [6, 6.07) is 13.3. The highest BCUT2D eigenvalue weighted by Crippen LogP contribution is 2.28. The van der Waals surface area contributed by atoms with Gasteiger partial charge in [0, 0.05) is 11.8 Å². The van der Waals surface area contributed by atoms with Crippen molar-refractivity contribution in [2.45, 2.75) is 6.54 Å². The lowest BCUT2D eigenvalue weighted by Crippen LogP contribution is -2.29. The molecule has 2 aromatic carbocycles. The minimum absolute atomic E-state index is 0.0229. The third kappa shape index (κ3) is 3.79. The van der Waals surface area contributed by atoms with Crippen LogP contribution in [0.2, 0.25) is 0 Å². The van der Waals surface area contributed by atoms with Gasteiger partial charge >= 0.3 is 5.97 Å². The number of phenols is 1. The number of anilines is 1. The van der Waals surface area contributed by atoms with Crippen molar-refractivity contribution in [1.82, 2.24) is 9.88 Å². The largest absolute Gasteiger partial charge is 0.506 e. The van der Waals surface area contributed by atoms with Crippen LogP contribution < -0.4 is 5.32 Å². The number of methoxy groups -OCH3 is 1. The topological polar surface area (TPSA) is 126 Å². The molecule has 9 heteroatoms. The van der Waals surface area contributed by atoms with E-state index in [2.05, 4.69) is 15.0 Å². The van der Waals surface area contributed by atoms with Gasteiger partial charge in [-0.15, -0.1) is 0 Å². The molecule has 3 amide bonds. The third-order valence-corrected chi connectivity index (χ3v) is 4.95. The van der Waals surface area contributed by atoms with Crippen LogP contribution in [-0.4, -0.2) is 45.8 Å². The van der Waals surface area contributed by atoms with Crippen molar-refractivity contribution in [3.05, 3.63) is 88.7 Å². The minimum atomic E-state index is -0.629.